The number of nitrogens with zero attached hydrogens (tertiary/aromatic N) is 3. The average molecular weight is 340 g/mol. The molecular formula is C14H14ClN3O3S. The van der Waals surface area contributed by atoms with E-state index in [1.165, 1.54) is 11.8 Å². The summed E-state index contributed by atoms with van der Waals surface area (Å²) >= 11 is 7.20. The highest BCUT2D eigenvalue weighted by molar-refractivity contribution is 8.00. The second-order valence-corrected chi connectivity index (χ2v) is 6.37. The summed E-state index contributed by atoms with van der Waals surface area (Å²) in [7, 11) is 1.85. The van der Waals surface area contributed by atoms with E-state index in [4.69, 9.17) is 21.1 Å². The van der Waals surface area contributed by atoms with Gasteiger partial charge < -0.3 is 14.0 Å². The van der Waals surface area contributed by atoms with Crippen molar-refractivity contribution >= 4 is 29.3 Å². The van der Waals surface area contributed by atoms with Crippen LogP contribution in [0.3, 0.4) is 0 Å². The Balaban J connectivity index is 1.63. The third-order valence-corrected chi connectivity index (χ3v) is 4.77. The van der Waals surface area contributed by atoms with Gasteiger partial charge in [-0.3, -0.25) is 4.79 Å². The normalized spacial score (nSPS) is 17.5. The number of benzene rings is 1. The Bertz CT molecular complexity index is 674. The molecule has 1 aromatic heterocycles. The van der Waals surface area contributed by atoms with Crippen molar-refractivity contribution in [3.8, 4) is 5.75 Å². The second kappa shape index (κ2) is 6.58. The molecule has 1 aromatic carbocycles. The number of halogens is 1. The van der Waals surface area contributed by atoms with Gasteiger partial charge >= 0.3 is 5.97 Å². The van der Waals surface area contributed by atoms with Crippen molar-refractivity contribution in [1.29, 1.82) is 0 Å². The van der Waals surface area contributed by atoms with Crippen molar-refractivity contribution in [2.24, 2.45) is 7.05 Å². The summed E-state index contributed by atoms with van der Waals surface area (Å²) < 4.78 is 12.4. The zero-order valence-corrected chi connectivity index (χ0v) is 13.4. The van der Waals surface area contributed by atoms with Crippen molar-refractivity contribution in [3.63, 3.8) is 0 Å². The summed E-state index contributed by atoms with van der Waals surface area (Å²) in [5.74, 6) is 1.21. The lowest BCUT2D eigenvalue weighted by Crippen LogP contribution is -2.11. The summed E-state index contributed by atoms with van der Waals surface area (Å²) in [6, 6.07) is 7.12. The van der Waals surface area contributed by atoms with Crippen LogP contribution in [0.2, 0.25) is 5.02 Å². The van der Waals surface area contributed by atoms with Crippen LogP contribution in [-0.2, 0) is 23.2 Å². The highest BCUT2D eigenvalue weighted by Crippen LogP contribution is 2.28. The molecular weight excluding hydrogens is 326 g/mol. The molecule has 0 radical (unpaired) electrons. The average Bonchev–Trinajstić information content (AvgIpc) is 3.07. The fourth-order valence-corrected chi connectivity index (χ4v) is 3.07. The lowest BCUT2D eigenvalue weighted by molar-refractivity contribution is -0.137. The predicted molar refractivity (Wildman–Crippen MR) is 82.0 cm³/mol. The van der Waals surface area contributed by atoms with Crippen LogP contribution in [-0.4, -0.2) is 32.6 Å². The molecule has 116 valence electrons. The summed E-state index contributed by atoms with van der Waals surface area (Å²) in [5, 5.41) is 9.35. The lowest BCUT2D eigenvalue weighted by atomic mass is 10.3. The minimum atomic E-state index is -0.201. The Labute approximate surface area is 136 Å². The maximum Gasteiger partial charge on any atom is 0.319 e. The Hall–Kier alpha value is -1.73. The molecule has 6 nitrogen and oxygen atoms in total. The quantitative estimate of drug-likeness (QED) is 0.780. The van der Waals surface area contributed by atoms with E-state index in [1.54, 1.807) is 24.3 Å². The molecule has 2 aromatic rings. The van der Waals surface area contributed by atoms with Crippen LogP contribution in [0.15, 0.2) is 29.4 Å². The van der Waals surface area contributed by atoms with E-state index >= 15 is 0 Å². The zero-order chi connectivity index (χ0) is 15.5. The molecule has 0 bridgehead atoms. The molecule has 2 heterocycles. The number of ether oxygens (including phenoxy) is 2. The van der Waals surface area contributed by atoms with Crippen LogP contribution < -0.4 is 4.74 Å². The molecule has 1 saturated heterocycles. The summed E-state index contributed by atoms with van der Waals surface area (Å²) in [6.45, 7) is 0.766. The number of hydrogen-bond acceptors (Lipinski definition) is 6. The van der Waals surface area contributed by atoms with Gasteiger partial charge in [-0.2, -0.15) is 0 Å². The standard InChI is InChI=1S/C14H14ClN3O3S/c1-18-12(8-21-10-4-2-9(15)3-5-10)16-17-14(18)22-11-6-7-20-13(11)19/h2-5,11H,6-8H2,1H3/t11-/m1/s1. The lowest BCUT2D eigenvalue weighted by Gasteiger charge is -2.07. The van der Waals surface area contributed by atoms with Crippen LogP contribution in [0.4, 0.5) is 0 Å². The van der Waals surface area contributed by atoms with Crippen LogP contribution in [0, 0.1) is 0 Å². The van der Waals surface area contributed by atoms with Crippen molar-refractivity contribution < 1.29 is 14.3 Å². The molecule has 1 fully saturated rings. The fourth-order valence-electron chi connectivity index (χ4n) is 1.96. The van der Waals surface area contributed by atoms with Gasteiger partial charge in [-0.25, -0.2) is 0 Å². The first kappa shape index (κ1) is 15.2. The molecule has 0 amide bonds. The van der Waals surface area contributed by atoms with E-state index in [0.29, 0.717) is 41.4 Å². The first-order chi connectivity index (χ1) is 10.6. The van der Waals surface area contributed by atoms with E-state index in [-0.39, 0.29) is 11.2 Å². The van der Waals surface area contributed by atoms with Crippen LogP contribution in [0.5, 0.6) is 5.75 Å². The fraction of sp³-hybridized carbons (Fsp3) is 0.357. The SMILES string of the molecule is Cn1c(COc2ccc(Cl)cc2)nnc1S[C@@H]1CCOC1=O. The Morgan fingerprint density at radius 1 is 1.41 bits per heavy atom. The van der Waals surface area contributed by atoms with Gasteiger partial charge in [0, 0.05) is 18.5 Å². The van der Waals surface area contributed by atoms with Gasteiger partial charge in [0.15, 0.2) is 11.0 Å². The monoisotopic (exact) mass is 339 g/mol. The number of carbonyl (C=O) groups is 1. The first-order valence-electron chi connectivity index (χ1n) is 6.73. The van der Waals surface area contributed by atoms with E-state index in [2.05, 4.69) is 10.2 Å². The van der Waals surface area contributed by atoms with Gasteiger partial charge in [-0.05, 0) is 24.3 Å². The maximum atomic E-state index is 11.5. The van der Waals surface area contributed by atoms with Crippen molar-refractivity contribution in [2.75, 3.05) is 6.61 Å². The molecule has 0 aliphatic carbocycles. The largest absolute Gasteiger partial charge is 0.486 e. The smallest absolute Gasteiger partial charge is 0.319 e. The number of esters is 1. The summed E-state index contributed by atoms with van der Waals surface area (Å²) in [4.78, 5) is 11.5. The molecule has 1 aliphatic rings. The van der Waals surface area contributed by atoms with Gasteiger partial charge in [-0.1, -0.05) is 23.4 Å². The second-order valence-electron chi connectivity index (χ2n) is 4.76. The van der Waals surface area contributed by atoms with Gasteiger partial charge in [0.25, 0.3) is 0 Å². The minimum Gasteiger partial charge on any atom is -0.486 e. The van der Waals surface area contributed by atoms with E-state index < -0.39 is 0 Å². The van der Waals surface area contributed by atoms with E-state index in [9.17, 15) is 4.79 Å². The minimum absolute atomic E-state index is 0.188. The third kappa shape index (κ3) is 3.36. The van der Waals surface area contributed by atoms with Crippen LogP contribution in [0.25, 0.3) is 0 Å². The van der Waals surface area contributed by atoms with Gasteiger partial charge in [-0.15, -0.1) is 10.2 Å². The van der Waals surface area contributed by atoms with Crippen molar-refractivity contribution in [3.05, 3.63) is 35.1 Å². The first-order valence-corrected chi connectivity index (χ1v) is 7.99. The number of carbonyl (C=O) groups excluding carboxylic acids is 1. The van der Waals surface area contributed by atoms with Gasteiger partial charge in [0.2, 0.25) is 0 Å². The zero-order valence-electron chi connectivity index (χ0n) is 11.9. The Morgan fingerprint density at radius 2 is 2.18 bits per heavy atom. The topological polar surface area (TPSA) is 66.2 Å². The van der Waals surface area contributed by atoms with Gasteiger partial charge in [0.1, 0.15) is 17.6 Å². The van der Waals surface area contributed by atoms with Crippen molar-refractivity contribution in [1.82, 2.24) is 14.8 Å². The van der Waals surface area contributed by atoms with Gasteiger partial charge in [0.05, 0.1) is 6.61 Å². The highest BCUT2D eigenvalue weighted by atomic mass is 35.5. The molecule has 3 rings (SSSR count). The molecule has 0 saturated carbocycles. The van der Waals surface area contributed by atoms with Crippen molar-refractivity contribution in [2.45, 2.75) is 23.4 Å². The number of aromatic nitrogens is 3. The van der Waals surface area contributed by atoms with E-state index in [0.717, 1.165) is 0 Å². The Morgan fingerprint density at radius 3 is 2.86 bits per heavy atom. The summed E-state index contributed by atoms with van der Waals surface area (Å²) in [5.41, 5.74) is 0. The molecule has 0 N–H and O–H groups in total. The molecule has 1 aliphatic heterocycles. The predicted octanol–water partition coefficient (Wildman–Crippen LogP) is 2.46. The number of hydrogen-bond donors (Lipinski definition) is 0. The Kier molecular flexibility index (Phi) is 4.54. The third-order valence-electron chi connectivity index (χ3n) is 3.24. The van der Waals surface area contributed by atoms with Crippen LogP contribution >= 0.6 is 23.4 Å². The number of rotatable bonds is 5. The molecule has 0 spiro atoms. The number of cyclic esters (lactones) is 1. The molecule has 8 heteroatoms. The van der Waals surface area contributed by atoms with Crippen LogP contribution in [0.1, 0.15) is 12.2 Å². The van der Waals surface area contributed by atoms with E-state index in [1.807, 2.05) is 11.6 Å². The molecule has 1 atom stereocenters. The molecule has 22 heavy (non-hydrogen) atoms. The highest BCUT2D eigenvalue weighted by Gasteiger charge is 2.29. The maximum absolute atomic E-state index is 11.5. The summed E-state index contributed by atoms with van der Waals surface area (Å²) in [6.07, 6.45) is 0.701. The molecule has 0 unspecified atom stereocenters. The number of thioether (sulfide) groups is 1.